The predicted octanol–water partition coefficient (Wildman–Crippen LogP) is 4.38. The van der Waals surface area contributed by atoms with Crippen LogP contribution in [0.4, 0.5) is 0 Å². The zero-order valence-corrected chi connectivity index (χ0v) is 21.9. The summed E-state index contributed by atoms with van der Waals surface area (Å²) in [5.41, 5.74) is 0.723. The number of carbonyl (C=O) groups excluding carboxylic acids is 2. The van der Waals surface area contributed by atoms with Gasteiger partial charge in [0.1, 0.15) is 17.0 Å². The molecule has 2 aromatic rings. The molecule has 0 unspecified atom stereocenters. The number of esters is 2. The molecule has 0 saturated heterocycles. The molecule has 0 bridgehead atoms. The summed E-state index contributed by atoms with van der Waals surface area (Å²) in [6.07, 6.45) is 0. The molecule has 35 heavy (non-hydrogen) atoms. The van der Waals surface area contributed by atoms with Gasteiger partial charge in [0.2, 0.25) is 0 Å². The lowest BCUT2D eigenvalue weighted by molar-refractivity contribution is -0.160. The standard InChI is InChI=1S/C28H40N2O5/c1-27(2,3)34-25(32)20-30(21-26(33)35-28(4,5)6)17-16-29(18-22-12-8-7-9-13-22)19-23-14-10-11-15-24(23)31/h7-15,31H,16-21H2,1-6H3. The first-order valence-corrected chi connectivity index (χ1v) is 12.0. The number of benzene rings is 2. The topological polar surface area (TPSA) is 79.3 Å². The molecule has 0 aliphatic heterocycles. The lowest BCUT2D eigenvalue weighted by Crippen LogP contribution is -2.43. The summed E-state index contributed by atoms with van der Waals surface area (Å²) < 4.78 is 11.0. The van der Waals surface area contributed by atoms with E-state index in [9.17, 15) is 14.7 Å². The van der Waals surface area contributed by atoms with E-state index < -0.39 is 23.1 Å². The summed E-state index contributed by atoms with van der Waals surface area (Å²) in [5.74, 6) is -0.544. The largest absolute Gasteiger partial charge is 0.508 e. The number of ether oxygens (including phenoxy) is 2. The molecule has 0 aromatic heterocycles. The van der Waals surface area contributed by atoms with E-state index in [1.807, 2.05) is 71.9 Å². The van der Waals surface area contributed by atoms with Crippen molar-refractivity contribution in [2.45, 2.75) is 65.8 Å². The Kier molecular flexibility index (Phi) is 10.3. The van der Waals surface area contributed by atoms with Gasteiger partial charge in [0.25, 0.3) is 0 Å². The van der Waals surface area contributed by atoms with Gasteiger partial charge in [0.05, 0.1) is 13.1 Å². The highest BCUT2D eigenvalue weighted by atomic mass is 16.6. The molecule has 0 amide bonds. The van der Waals surface area contributed by atoms with Gasteiger partial charge in [-0.3, -0.25) is 19.4 Å². The van der Waals surface area contributed by atoms with Crippen molar-refractivity contribution < 1.29 is 24.2 Å². The van der Waals surface area contributed by atoms with Crippen molar-refractivity contribution in [1.29, 1.82) is 0 Å². The Morgan fingerprint density at radius 2 is 1.20 bits per heavy atom. The number of para-hydroxylation sites is 1. The first-order valence-electron chi connectivity index (χ1n) is 12.0. The number of hydrogen-bond donors (Lipinski definition) is 1. The van der Waals surface area contributed by atoms with Gasteiger partial charge < -0.3 is 14.6 Å². The summed E-state index contributed by atoms with van der Waals surface area (Å²) in [5, 5.41) is 10.3. The number of aromatic hydroxyl groups is 1. The van der Waals surface area contributed by atoms with Crippen LogP contribution in [0, 0.1) is 0 Å². The molecule has 2 aromatic carbocycles. The molecule has 0 saturated carbocycles. The molecule has 0 heterocycles. The van der Waals surface area contributed by atoms with E-state index >= 15 is 0 Å². The number of hydrogen-bond acceptors (Lipinski definition) is 7. The second-order valence-electron chi connectivity index (χ2n) is 10.7. The highest BCUT2D eigenvalue weighted by Gasteiger charge is 2.24. The first-order chi connectivity index (χ1) is 16.3. The van der Waals surface area contributed by atoms with Crippen molar-refractivity contribution >= 4 is 11.9 Å². The van der Waals surface area contributed by atoms with Gasteiger partial charge >= 0.3 is 11.9 Å². The maximum atomic E-state index is 12.5. The minimum atomic E-state index is -0.612. The second kappa shape index (κ2) is 12.7. The molecule has 0 atom stereocenters. The van der Waals surface area contributed by atoms with Gasteiger partial charge in [0.15, 0.2) is 0 Å². The van der Waals surface area contributed by atoms with Gasteiger partial charge in [-0.05, 0) is 53.2 Å². The molecule has 0 aliphatic rings. The lowest BCUT2D eigenvalue weighted by atomic mass is 10.1. The highest BCUT2D eigenvalue weighted by Crippen LogP contribution is 2.19. The van der Waals surface area contributed by atoms with E-state index in [4.69, 9.17) is 9.47 Å². The summed E-state index contributed by atoms with van der Waals surface area (Å²) >= 11 is 0. The lowest BCUT2D eigenvalue weighted by Gasteiger charge is -2.29. The SMILES string of the molecule is CC(C)(C)OC(=O)CN(CCN(Cc1ccccc1)Cc1ccccc1O)CC(=O)OC(C)(C)C. The van der Waals surface area contributed by atoms with Crippen LogP contribution in [0.3, 0.4) is 0 Å². The van der Waals surface area contributed by atoms with Crippen LogP contribution in [0.25, 0.3) is 0 Å². The molecule has 2 rings (SSSR count). The van der Waals surface area contributed by atoms with Crippen molar-refractivity contribution in [2.75, 3.05) is 26.2 Å². The van der Waals surface area contributed by atoms with Crippen molar-refractivity contribution in [3.63, 3.8) is 0 Å². The van der Waals surface area contributed by atoms with Crippen LogP contribution >= 0.6 is 0 Å². The molecule has 1 N–H and O–H groups in total. The highest BCUT2D eigenvalue weighted by molar-refractivity contribution is 5.75. The fourth-order valence-electron chi connectivity index (χ4n) is 3.55. The predicted molar refractivity (Wildman–Crippen MR) is 137 cm³/mol. The van der Waals surface area contributed by atoms with E-state index in [0.717, 1.165) is 11.1 Å². The quantitative estimate of drug-likeness (QED) is 0.474. The number of carbonyl (C=O) groups is 2. The summed E-state index contributed by atoms with van der Waals surface area (Å²) in [4.78, 5) is 29.0. The Balaban J connectivity index is 2.15. The molecule has 0 spiro atoms. The Morgan fingerprint density at radius 3 is 1.71 bits per heavy atom. The van der Waals surface area contributed by atoms with Crippen molar-refractivity contribution in [3.05, 3.63) is 65.7 Å². The number of rotatable bonds is 11. The van der Waals surface area contributed by atoms with Crippen molar-refractivity contribution in [1.82, 2.24) is 9.80 Å². The zero-order chi connectivity index (χ0) is 26.1. The Hall–Kier alpha value is -2.90. The van der Waals surface area contributed by atoms with Gasteiger partial charge in [-0.15, -0.1) is 0 Å². The van der Waals surface area contributed by atoms with Crippen LogP contribution in [-0.4, -0.2) is 64.2 Å². The average Bonchev–Trinajstić information content (AvgIpc) is 2.71. The van der Waals surface area contributed by atoms with Crippen LogP contribution in [0.5, 0.6) is 5.75 Å². The normalized spacial score (nSPS) is 12.1. The number of nitrogens with zero attached hydrogens (tertiary/aromatic N) is 2. The smallest absolute Gasteiger partial charge is 0.320 e. The average molecular weight is 485 g/mol. The Morgan fingerprint density at radius 1 is 0.714 bits per heavy atom. The molecule has 0 radical (unpaired) electrons. The molecule has 7 heteroatoms. The maximum absolute atomic E-state index is 12.5. The van der Waals surface area contributed by atoms with Crippen LogP contribution in [-0.2, 0) is 32.2 Å². The van der Waals surface area contributed by atoms with Gasteiger partial charge in [-0.25, -0.2) is 0 Å². The van der Waals surface area contributed by atoms with Crippen LogP contribution in [0.2, 0.25) is 0 Å². The molecule has 0 fully saturated rings. The summed E-state index contributed by atoms with van der Waals surface area (Å²) in [6, 6.07) is 17.3. The third kappa shape index (κ3) is 11.9. The van der Waals surface area contributed by atoms with Gasteiger partial charge in [-0.2, -0.15) is 0 Å². The third-order valence-corrected chi connectivity index (χ3v) is 4.91. The molecule has 192 valence electrons. The van der Waals surface area contributed by atoms with E-state index in [1.54, 1.807) is 17.0 Å². The minimum absolute atomic E-state index is 0.0216. The van der Waals surface area contributed by atoms with Crippen molar-refractivity contribution in [3.8, 4) is 5.75 Å². The summed E-state index contributed by atoms with van der Waals surface area (Å²) in [7, 11) is 0. The second-order valence-corrected chi connectivity index (χ2v) is 10.7. The molecule has 0 aliphatic carbocycles. The van der Waals surface area contributed by atoms with E-state index in [2.05, 4.69) is 17.0 Å². The fourth-order valence-corrected chi connectivity index (χ4v) is 3.55. The number of phenolic OH excluding ortho intramolecular Hbond substituents is 1. The van der Waals surface area contributed by atoms with E-state index in [-0.39, 0.29) is 18.8 Å². The van der Waals surface area contributed by atoms with Crippen LogP contribution in [0.1, 0.15) is 52.7 Å². The molecular weight excluding hydrogens is 444 g/mol. The molecular formula is C28H40N2O5. The van der Waals surface area contributed by atoms with Gasteiger partial charge in [-0.1, -0.05) is 48.5 Å². The minimum Gasteiger partial charge on any atom is -0.508 e. The Labute approximate surface area is 209 Å². The van der Waals surface area contributed by atoms with Crippen LogP contribution < -0.4 is 0 Å². The molecule has 7 nitrogen and oxygen atoms in total. The zero-order valence-electron chi connectivity index (χ0n) is 21.9. The maximum Gasteiger partial charge on any atom is 0.320 e. The van der Waals surface area contributed by atoms with Gasteiger partial charge in [0, 0.05) is 31.7 Å². The monoisotopic (exact) mass is 484 g/mol. The van der Waals surface area contributed by atoms with E-state index in [0.29, 0.717) is 26.2 Å². The first kappa shape index (κ1) is 28.3. The fraction of sp³-hybridized carbons (Fsp3) is 0.500. The third-order valence-electron chi connectivity index (χ3n) is 4.91. The van der Waals surface area contributed by atoms with Crippen LogP contribution in [0.15, 0.2) is 54.6 Å². The summed E-state index contributed by atoms with van der Waals surface area (Å²) in [6.45, 7) is 13.0. The Bertz CT molecular complexity index is 918. The number of phenols is 1. The van der Waals surface area contributed by atoms with E-state index in [1.165, 1.54) is 0 Å². The van der Waals surface area contributed by atoms with Crippen molar-refractivity contribution in [2.24, 2.45) is 0 Å².